The molecule has 0 saturated heterocycles. The maximum Gasteiger partial charge on any atom is 0.338 e. The van der Waals surface area contributed by atoms with Crippen LogP contribution in [0.1, 0.15) is 21.7 Å². The van der Waals surface area contributed by atoms with Crippen LogP contribution in [0.3, 0.4) is 0 Å². The second kappa shape index (κ2) is 5.55. The molecule has 0 atom stereocenters. The first-order chi connectivity index (χ1) is 10.9. The fraction of sp³-hybridized carbons (Fsp3) is 0.188. The van der Waals surface area contributed by atoms with E-state index in [0.717, 1.165) is 11.3 Å². The van der Waals surface area contributed by atoms with Gasteiger partial charge in [0, 0.05) is 29.0 Å². The molecule has 2 aromatic heterocycles. The zero-order valence-electron chi connectivity index (χ0n) is 12.8. The molecule has 7 heteroatoms. The largest absolute Gasteiger partial charge is 0.478 e. The fourth-order valence-electron chi connectivity index (χ4n) is 2.51. The van der Waals surface area contributed by atoms with Crippen LogP contribution in [0.25, 0.3) is 22.8 Å². The number of hydrogen-bond donors (Lipinski definition) is 1. The zero-order chi connectivity index (χ0) is 16.7. The van der Waals surface area contributed by atoms with Crippen molar-refractivity contribution >= 4 is 17.6 Å². The van der Waals surface area contributed by atoms with Crippen LogP contribution in [0.4, 0.5) is 0 Å². The Morgan fingerprint density at radius 3 is 2.48 bits per heavy atom. The highest BCUT2D eigenvalue weighted by Gasteiger charge is 2.26. The second-order valence-corrected chi connectivity index (χ2v) is 5.65. The van der Waals surface area contributed by atoms with Crippen LogP contribution >= 0.6 is 11.6 Å². The first-order valence-corrected chi connectivity index (χ1v) is 7.27. The third-order valence-corrected chi connectivity index (χ3v) is 4.19. The number of carboxylic acid groups (broad SMARTS) is 1. The quantitative estimate of drug-likeness (QED) is 0.791. The summed E-state index contributed by atoms with van der Waals surface area (Å²) >= 11 is 5.86. The minimum Gasteiger partial charge on any atom is -0.478 e. The topological polar surface area (TPSA) is 81.2 Å². The van der Waals surface area contributed by atoms with E-state index in [1.54, 1.807) is 42.8 Å². The van der Waals surface area contributed by atoms with Gasteiger partial charge in [-0.2, -0.15) is 4.98 Å². The highest BCUT2D eigenvalue weighted by Crippen LogP contribution is 2.32. The molecule has 0 bridgehead atoms. The molecule has 6 nitrogen and oxygen atoms in total. The van der Waals surface area contributed by atoms with E-state index < -0.39 is 5.97 Å². The molecule has 0 amide bonds. The standard InChI is InChI=1S/C16H14ClN3O3/c1-8-12(13(16(21)22)9(2)20(8)3)15-18-14(19-23-15)10-4-6-11(17)7-5-10/h4-7H,1-3H3,(H,21,22). The Bertz CT molecular complexity index is 894. The van der Waals surface area contributed by atoms with Gasteiger partial charge in [0.2, 0.25) is 5.82 Å². The van der Waals surface area contributed by atoms with Crippen LogP contribution in [-0.4, -0.2) is 25.8 Å². The Labute approximate surface area is 137 Å². The van der Waals surface area contributed by atoms with Crippen molar-refractivity contribution < 1.29 is 14.4 Å². The number of carboxylic acids is 1. The Kier molecular flexibility index (Phi) is 3.69. The summed E-state index contributed by atoms with van der Waals surface area (Å²) < 4.78 is 7.10. The molecular weight excluding hydrogens is 318 g/mol. The maximum atomic E-state index is 11.6. The normalized spacial score (nSPS) is 11.0. The number of benzene rings is 1. The van der Waals surface area contributed by atoms with Gasteiger partial charge < -0.3 is 14.2 Å². The van der Waals surface area contributed by atoms with Gasteiger partial charge in [-0.3, -0.25) is 0 Å². The third-order valence-electron chi connectivity index (χ3n) is 3.94. The summed E-state index contributed by atoms with van der Waals surface area (Å²) in [5.41, 5.74) is 2.76. The molecule has 0 unspecified atom stereocenters. The molecule has 118 valence electrons. The number of aromatic nitrogens is 3. The molecule has 0 aliphatic carbocycles. The molecule has 0 saturated carbocycles. The van der Waals surface area contributed by atoms with E-state index in [0.29, 0.717) is 22.1 Å². The molecule has 0 fully saturated rings. The van der Waals surface area contributed by atoms with Crippen LogP contribution in [0.15, 0.2) is 28.8 Å². The van der Waals surface area contributed by atoms with Crippen molar-refractivity contribution in [2.75, 3.05) is 0 Å². The molecule has 0 aliphatic heterocycles. The summed E-state index contributed by atoms with van der Waals surface area (Å²) in [6.45, 7) is 3.57. The third kappa shape index (κ3) is 2.51. The number of nitrogens with zero attached hydrogens (tertiary/aromatic N) is 3. The molecule has 3 rings (SSSR count). The zero-order valence-corrected chi connectivity index (χ0v) is 13.5. The van der Waals surface area contributed by atoms with Crippen molar-refractivity contribution in [3.63, 3.8) is 0 Å². The SMILES string of the molecule is Cc1c(C(=O)O)c(-c2nc(-c3ccc(Cl)cc3)no2)c(C)n1C. The molecule has 0 radical (unpaired) electrons. The Morgan fingerprint density at radius 2 is 1.87 bits per heavy atom. The van der Waals surface area contributed by atoms with Gasteiger partial charge in [-0.05, 0) is 38.1 Å². The Balaban J connectivity index is 2.13. The average Bonchev–Trinajstić information content (AvgIpc) is 3.07. The minimum atomic E-state index is -1.02. The fourth-order valence-corrected chi connectivity index (χ4v) is 2.64. The van der Waals surface area contributed by atoms with E-state index in [-0.39, 0.29) is 11.5 Å². The van der Waals surface area contributed by atoms with E-state index in [1.807, 2.05) is 6.92 Å². The summed E-state index contributed by atoms with van der Waals surface area (Å²) in [5, 5.41) is 14.0. The van der Waals surface area contributed by atoms with Crippen molar-refractivity contribution in [1.82, 2.24) is 14.7 Å². The molecule has 2 heterocycles. The Morgan fingerprint density at radius 1 is 1.22 bits per heavy atom. The number of carbonyl (C=O) groups is 1. The summed E-state index contributed by atoms with van der Waals surface area (Å²) in [4.78, 5) is 15.9. The van der Waals surface area contributed by atoms with Crippen molar-refractivity contribution in [2.45, 2.75) is 13.8 Å². The predicted molar refractivity (Wildman–Crippen MR) is 85.6 cm³/mol. The van der Waals surface area contributed by atoms with Crippen LogP contribution < -0.4 is 0 Å². The van der Waals surface area contributed by atoms with Gasteiger partial charge in [-0.25, -0.2) is 4.79 Å². The summed E-state index contributed by atoms with van der Waals surface area (Å²) in [6.07, 6.45) is 0. The van der Waals surface area contributed by atoms with Crippen molar-refractivity contribution in [3.05, 3.63) is 46.2 Å². The number of aromatic carboxylic acids is 1. The number of halogens is 1. The van der Waals surface area contributed by atoms with Crippen molar-refractivity contribution in [1.29, 1.82) is 0 Å². The van der Waals surface area contributed by atoms with Gasteiger partial charge >= 0.3 is 5.97 Å². The lowest BCUT2D eigenvalue weighted by atomic mass is 10.1. The molecule has 0 spiro atoms. The van der Waals surface area contributed by atoms with E-state index in [9.17, 15) is 9.90 Å². The lowest BCUT2D eigenvalue weighted by Crippen LogP contribution is -2.00. The maximum absolute atomic E-state index is 11.6. The smallest absolute Gasteiger partial charge is 0.338 e. The van der Waals surface area contributed by atoms with Crippen molar-refractivity contribution in [2.24, 2.45) is 7.05 Å². The van der Waals surface area contributed by atoms with E-state index in [2.05, 4.69) is 10.1 Å². The molecule has 1 aromatic carbocycles. The number of rotatable bonds is 3. The summed E-state index contributed by atoms with van der Waals surface area (Å²) in [5.74, 6) is -0.449. The lowest BCUT2D eigenvalue weighted by Gasteiger charge is -1.98. The van der Waals surface area contributed by atoms with Gasteiger partial charge in [0.05, 0.1) is 11.1 Å². The van der Waals surface area contributed by atoms with Crippen LogP contribution in [0.2, 0.25) is 5.02 Å². The molecule has 23 heavy (non-hydrogen) atoms. The van der Waals surface area contributed by atoms with Gasteiger partial charge in [0.1, 0.15) is 0 Å². The first-order valence-electron chi connectivity index (χ1n) is 6.89. The van der Waals surface area contributed by atoms with Crippen molar-refractivity contribution in [3.8, 4) is 22.8 Å². The van der Waals surface area contributed by atoms with E-state index in [1.165, 1.54) is 0 Å². The highest BCUT2D eigenvalue weighted by atomic mass is 35.5. The minimum absolute atomic E-state index is 0.177. The molecule has 1 N–H and O–H groups in total. The highest BCUT2D eigenvalue weighted by molar-refractivity contribution is 6.30. The monoisotopic (exact) mass is 331 g/mol. The summed E-state index contributed by atoms with van der Waals surface area (Å²) in [6, 6.07) is 7.01. The Hall–Kier alpha value is -2.60. The van der Waals surface area contributed by atoms with Crippen LogP contribution in [0, 0.1) is 13.8 Å². The second-order valence-electron chi connectivity index (χ2n) is 5.22. The van der Waals surface area contributed by atoms with E-state index >= 15 is 0 Å². The molecular formula is C16H14ClN3O3. The molecule has 0 aliphatic rings. The lowest BCUT2D eigenvalue weighted by molar-refractivity contribution is 0.0696. The van der Waals surface area contributed by atoms with Gasteiger partial charge in [0.25, 0.3) is 5.89 Å². The van der Waals surface area contributed by atoms with Gasteiger partial charge in [-0.15, -0.1) is 0 Å². The van der Waals surface area contributed by atoms with Gasteiger partial charge in [0.15, 0.2) is 0 Å². The van der Waals surface area contributed by atoms with Crippen LogP contribution in [-0.2, 0) is 7.05 Å². The summed E-state index contributed by atoms with van der Waals surface area (Å²) in [7, 11) is 1.80. The van der Waals surface area contributed by atoms with Gasteiger partial charge in [-0.1, -0.05) is 16.8 Å². The number of hydrogen-bond acceptors (Lipinski definition) is 4. The predicted octanol–water partition coefficient (Wildman–Crippen LogP) is 3.71. The first kappa shape index (κ1) is 15.3. The average molecular weight is 332 g/mol. The molecule has 3 aromatic rings. The van der Waals surface area contributed by atoms with Crippen LogP contribution in [0.5, 0.6) is 0 Å². The van der Waals surface area contributed by atoms with E-state index in [4.69, 9.17) is 16.1 Å².